The van der Waals surface area contributed by atoms with E-state index in [9.17, 15) is 4.79 Å². The molecule has 0 saturated carbocycles. The van der Waals surface area contributed by atoms with Gasteiger partial charge in [-0.05, 0) is 55.0 Å². The van der Waals surface area contributed by atoms with Crippen LogP contribution in [0.3, 0.4) is 0 Å². The monoisotopic (exact) mass is 391 g/mol. The number of nitrogens with one attached hydrogen (secondary N) is 1. The lowest BCUT2D eigenvalue weighted by atomic mass is 10.2. The molecule has 0 aliphatic rings. The Hall–Kier alpha value is -3.31. The van der Waals surface area contributed by atoms with Crippen molar-refractivity contribution in [2.45, 2.75) is 13.3 Å². The number of fused-ring (bicyclic) bond motifs is 1. The van der Waals surface area contributed by atoms with Crippen molar-refractivity contribution in [3.05, 3.63) is 89.3 Å². The van der Waals surface area contributed by atoms with Gasteiger partial charge in [-0.1, -0.05) is 36.7 Å². The van der Waals surface area contributed by atoms with Crippen LogP contribution in [0.15, 0.2) is 72.9 Å². The molecule has 6 heteroatoms. The highest BCUT2D eigenvalue weighted by Gasteiger charge is 2.18. The highest BCUT2D eigenvalue weighted by Crippen LogP contribution is 2.24. The Morgan fingerprint density at radius 2 is 1.75 bits per heavy atom. The van der Waals surface area contributed by atoms with Gasteiger partial charge in [0.1, 0.15) is 22.8 Å². The predicted molar refractivity (Wildman–Crippen MR) is 110 cm³/mol. The molecule has 1 amide bonds. The lowest BCUT2D eigenvalue weighted by molar-refractivity contribution is 0.102. The first-order chi connectivity index (χ1) is 13.6. The molecule has 0 fully saturated rings. The molecule has 140 valence electrons. The average Bonchev–Trinajstić information content (AvgIpc) is 3.08. The standard InChI is InChI=1S/C22H18ClN3O2/c1-2-19-21(26-14-15(23)8-13-20(26)25-19)22(27)24-16-9-11-18(12-10-16)28-17-6-4-3-5-7-17/h3-14H,2H2,1H3,(H,24,27). The molecular formula is C22H18ClN3O2. The number of benzene rings is 2. The van der Waals surface area contributed by atoms with Crippen molar-refractivity contribution < 1.29 is 9.53 Å². The second kappa shape index (κ2) is 7.74. The summed E-state index contributed by atoms with van der Waals surface area (Å²) < 4.78 is 7.50. The van der Waals surface area contributed by atoms with Crippen LogP contribution in [0, 0.1) is 0 Å². The molecule has 2 aromatic carbocycles. The fraction of sp³-hybridized carbons (Fsp3) is 0.0909. The Balaban J connectivity index is 1.55. The van der Waals surface area contributed by atoms with Gasteiger partial charge in [-0.3, -0.25) is 9.20 Å². The van der Waals surface area contributed by atoms with Gasteiger partial charge in [0.2, 0.25) is 0 Å². The first-order valence-electron chi connectivity index (χ1n) is 8.95. The van der Waals surface area contributed by atoms with E-state index < -0.39 is 0 Å². The van der Waals surface area contributed by atoms with Gasteiger partial charge in [-0.25, -0.2) is 4.98 Å². The molecule has 5 nitrogen and oxygen atoms in total. The third kappa shape index (κ3) is 3.70. The van der Waals surface area contributed by atoms with Crippen molar-refractivity contribution in [1.29, 1.82) is 0 Å². The number of para-hydroxylation sites is 1. The molecule has 0 aliphatic carbocycles. The van der Waals surface area contributed by atoms with E-state index in [-0.39, 0.29) is 5.91 Å². The number of amides is 1. The molecule has 0 radical (unpaired) electrons. The summed E-state index contributed by atoms with van der Waals surface area (Å²) in [4.78, 5) is 17.4. The van der Waals surface area contributed by atoms with Crippen LogP contribution in [0.2, 0.25) is 5.02 Å². The van der Waals surface area contributed by atoms with E-state index in [1.807, 2.05) is 49.4 Å². The summed E-state index contributed by atoms with van der Waals surface area (Å²) in [5.74, 6) is 1.22. The molecule has 4 aromatic rings. The van der Waals surface area contributed by atoms with Gasteiger partial charge in [0, 0.05) is 11.9 Å². The van der Waals surface area contributed by atoms with Gasteiger partial charge in [-0.15, -0.1) is 0 Å². The number of aromatic nitrogens is 2. The minimum atomic E-state index is -0.233. The quantitative estimate of drug-likeness (QED) is 0.482. The maximum absolute atomic E-state index is 12.9. The van der Waals surface area contributed by atoms with Crippen LogP contribution < -0.4 is 10.1 Å². The van der Waals surface area contributed by atoms with Crippen LogP contribution in [0.25, 0.3) is 5.65 Å². The van der Waals surface area contributed by atoms with E-state index >= 15 is 0 Å². The second-order valence-corrected chi connectivity index (χ2v) is 6.67. The van der Waals surface area contributed by atoms with E-state index in [1.165, 1.54) is 0 Å². The summed E-state index contributed by atoms with van der Waals surface area (Å²) in [6.07, 6.45) is 2.35. The van der Waals surface area contributed by atoms with Crippen LogP contribution in [0.5, 0.6) is 11.5 Å². The zero-order valence-electron chi connectivity index (χ0n) is 15.2. The Kier molecular flexibility index (Phi) is 5.00. The third-order valence-electron chi connectivity index (χ3n) is 4.30. The van der Waals surface area contributed by atoms with Gasteiger partial charge < -0.3 is 10.1 Å². The normalized spacial score (nSPS) is 10.8. The maximum atomic E-state index is 12.9. The number of imidazole rings is 1. The summed E-state index contributed by atoms with van der Waals surface area (Å²) >= 11 is 6.10. The van der Waals surface area contributed by atoms with E-state index in [0.717, 1.165) is 11.4 Å². The number of hydrogen-bond donors (Lipinski definition) is 1. The SMILES string of the molecule is CCc1nc2ccc(Cl)cn2c1C(=O)Nc1ccc(Oc2ccccc2)cc1. The Morgan fingerprint density at radius 3 is 2.46 bits per heavy atom. The summed E-state index contributed by atoms with van der Waals surface area (Å²) in [7, 11) is 0. The molecule has 0 spiro atoms. The fourth-order valence-electron chi connectivity index (χ4n) is 2.98. The number of carbonyl (C=O) groups excluding carboxylic acids is 1. The van der Waals surface area contributed by atoms with Crippen LogP contribution in [-0.4, -0.2) is 15.3 Å². The number of rotatable bonds is 5. The zero-order chi connectivity index (χ0) is 19.5. The number of anilines is 1. The van der Waals surface area contributed by atoms with Gasteiger partial charge >= 0.3 is 0 Å². The Labute approximate surface area is 167 Å². The Bertz CT molecular complexity index is 1120. The number of aryl methyl sites for hydroxylation is 1. The molecule has 1 N–H and O–H groups in total. The molecule has 0 saturated heterocycles. The van der Waals surface area contributed by atoms with Crippen molar-refractivity contribution >= 4 is 28.8 Å². The number of hydrogen-bond acceptors (Lipinski definition) is 3. The topological polar surface area (TPSA) is 55.6 Å². The second-order valence-electron chi connectivity index (χ2n) is 6.23. The van der Waals surface area contributed by atoms with Gasteiger partial charge in [0.25, 0.3) is 5.91 Å². The number of nitrogens with zero attached hydrogens (tertiary/aromatic N) is 2. The highest BCUT2D eigenvalue weighted by atomic mass is 35.5. The summed E-state index contributed by atoms with van der Waals surface area (Å²) in [6, 6.07) is 20.3. The number of halogens is 1. The van der Waals surface area contributed by atoms with Gasteiger partial charge in [-0.2, -0.15) is 0 Å². The average molecular weight is 392 g/mol. The highest BCUT2D eigenvalue weighted by molar-refractivity contribution is 6.30. The maximum Gasteiger partial charge on any atom is 0.274 e. The smallest absolute Gasteiger partial charge is 0.274 e. The van der Waals surface area contributed by atoms with Crippen molar-refractivity contribution in [2.24, 2.45) is 0 Å². The minimum Gasteiger partial charge on any atom is -0.457 e. The third-order valence-corrected chi connectivity index (χ3v) is 4.52. The van der Waals surface area contributed by atoms with Gasteiger partial charge in [0.05, 0.1) is 10.7 Å². The first kappa shape index (κ1) is 18.1. The zero-order valence-corrected chi connectivity index (χ0v) is 16.0. The van der Waals surface area contributed by atoms with Crippen molar-refractivity contribution in [1.82, 2.24) is 9.38 Å². The minimum absolute atomic E-state index is 0.233. The first-order valence-corrected chi connectivity index (χ1v) is 9.32. The Morgan fingerprint density at radius 1 is 1.04 bits per heavy atom. The molecule has 0 unspecified atom stereocenters. The summed E-state index contributed by atoms with van der Waals surface area (Å²) in [6.45, 7) is 1.97. The molecule has 2 heterocycles. The molecule has 28 heavy (non-hydrogen) atoms. The lowest BCUT2D eigenvalue weighted by Gasteiger charge is -2.09. The van der Waals surface area contributed by atoms with Crippen LogP contribution in [-0.2, 0) is 6.42 Å². The molecule has 0 aliphatic heterocycles. The summed E-state index contributed by atoms with van der Waals surface area (Å²) in [5, 5.41) is 3.47. The molecule has 0 atom stereocenters. The molecule has 2 aromatic heterocycles. The van der Waals surface area contributed by atoms with Crippen molar-refractivity contribution in [3.8, 4) is 11.5 Å². The van der Waals surface area contributed by atoms with Crippen molar-refractivity contribution in [2.75, 3.05) is 5.32 Å². The van der Waals surface area contributed by atoms with E-state index in [2.05, 4.69) is 10.3 Å². The van der Waals surface area contributed by atoms with Crippen LogP contribution in [0.1, 0.15) is 23.1 Å². The van der Waals surface area contributed by atoms with Gasteiger partial charge in [0.15, 0.2) is 0 Å². The summed E-state index contributed by atoms with van der Waals surface area (Å²) in [5.41, 5.74) is 2.58. The number of ether oxygens (including phenoxy) is 1. The number of pyridine rings is 1. The lowest BCUT2D eigenvalue weighted by Crippen LogP contribution is -2.16. The molecule has 4 rings (SSSR count). The van der Waals surface area contributed by atoms with E-state index in [0.29, 0.717) is 34.2 Å². The largest absolute Gasteiger partial charge is 0.457 e. The molecular weight excluding hydrogens is 374 g/mol. The molecule has 0 bridgehead atoms. The van der Waals surface area contributed by atoms with Crippen LogP contribution in [0.4, 0.5) is 5.69 Å². The van der Waals surface area contributed by atoms with E-state index in [4.69, 9.17) is 16.3 Å². The number of carbonyl (C=O) groups is 1. The van der Waals surface area contributed by atoms with E-state index in [1.54, 1.807) is 34.9 Å². The predicted octanol–water partition coefficient (Wildman–Crippen LogP) is 5.59. The van der Waals surface area contributed by atoms with Crippen LogP contribution >= 0.6 is 11.6 Å². The fourth-order valence-corrected chi connectivity index (χ4v) is 3.14. The van der Waals surface area contributed by atoms with Crippen molar-refractivity contribution in [3.63, 3.8) is 0 Å².